The van der Waals surface area contributed by atoms with Crippen LogP contribution in [-0.4, -0.2) is 70.0 Å². The van der Waals surface area contributed by atoms with Crippen molar-refractivity contribution in [1.29, 1.82) is 0 Å². The monoisotopic (exact) mass is 420 g/mol. The van der Waals surface area contributed by atoms with Crippen molar-refractivity contribution in [3.05, 3.63) is 28.3 Å². The number of halogens is 1. The van der Waals surface area contributed by atoms with Crippen molar-refractivity contribution in [2.75, 3.05) is 40.6 Å². The molecule has 0 unspecified atom stereocenters. The third-order valence-corrected chi connectivity index (χ3v) is 4.58. The Labute approximate surface area is 168 Å². The summed E-state index contributed by atoms with van der Waals surface area (Å²) in [6.45, 7) is 1.77. The minimum Gasteiger partial charge on any atom is -0.493 e. The van der Waals surface area contributed by atoms with Crippen LogP contribution in [0.1, 0.15) is 6.42 Å². The molecule has 0 saturated carbocycles. The molecule has 2 aliphatic heterocycles. The SMILES string of the molecule is COc1cccc(OCCCN[C@H]2CO[C@H]3[C@@H]2OC[C@@H]3O[N+](=O)[O-])c1OC.Cl. The zero-order valence-electron chi connectivity index (χ0n) is 15.7. The molecule has 158 valence electrons. The highest BCUT2D eigenvalue weighted by Gasteiger charge is 2.49. The second kappa shape index (κ2) is 10.5. The molecule has 28 heavy (non-hydrogen) atoms. The first-order valence-electron chi connectivity index (χ1n) is 8.75. The second-order valence-corrected chi connectivity index (χ2v) is 6.22. The Balaban J connectivity index is 0.00000280. The van der Waals surface area contributed by atoms with Gasteiger partial charge in [0.2, 0.25) is 5.75 Å². The Morgan fingerprint density at radius 1 is 1.18 bits per heavy atom. The Morgan fingerprint density at radius 3 is 2.64 bits per heavy atom. The fourth-order valence-corrected chi connectivity index (χ4v) is 3.35. The molecule has 0 bridgehead atoms. The molecule has 10 nitrogen and oxygen atoms in total. The summed E-state index contributed by atoms with van der Waals surface area (Å²) >= 11 is 0. The van der Waals surface area contributed by atoms with Gasteiger partial charge in [0.25, 0.3) is 5.09 Å². The van der Waals surface area contributed by atoms with Gasteiger partial charge in [-0.15, -0.1) is 22.5 Å². The standard InChI is InChI=1S/C17H24N2O8.ClH/c1-22-12-5-3-6-13(16(12)23-2)24-8-4-7-18-11-9-25-17-14(27-19(20)21)10-26-15(11)17;/h3,5-6,11,14-15,17-18H,4,7-10H2,1-2H3;1H/t11-,14-,15+,17+;/m0./s1. The molecule has 4 atom stereocenters. The van der Waals surface area contributed by atoms with E-state index in [1.54, 1.807) is 20.3 Å². The van der Waals surface area contributed by atoms with Gasteiger partial charge in [0, 0.05) is 0 Å². The lowest BCUT2D eigenvalue weighted by Gasteiger charge is -2.18. The van der Waals surface area contributed by atoms with Crippen molar-refractivity contribution in [2.24, 2.45) is 0 Å². The molecule has 1 N–H and O–H groups in total. The molecule has 1 aromatic rings. The summed E-state index contributed by atoms with van der Waals surface area (Å²) in [5, 5.41) is 13.1. The predicted molar refractivity (Wildman–Crippen MR) is 100 cm³/mol. The highest BCUT2D eigenvalue weighted by molar-refractivity contribution is 5.85. The van der Waals surface area contributed by atoms with Crippen LogP contribution >= 0.6 is 12.4 Å². The maximum atomic E-state index is 10.5. The molecule has 11 heteroatoms. The number of fused-ring (bicyclic) bond motifs is 1. The second-order valence-electron chi connectivity index (χ2n) is 6.22. The molecule has 0 radical (unpaired) electrons. The molecular formula is C17H25ClN2O8. The molecule has 0 aromatic heterocycles. The van der Waals surface area contributed by atoms with Crippen LogP contribution in [-0.2, 0) is 14.3 Å². The first-order chi connectivity index (χ1) is 13.1. The topological polar surface area (TPSA) is 111 Å². The Bertz CT molecular complexity index is 650. The summed E-state index contributed by atoms with van der Waals surface area (Å²) in [6, 6.07) is 5.45. The zero-order chi connectivity index (χ0) is 19.2. The molecule has 0 spiro atoms. The first-order valence-corrected chi connectivity index (χ1v) is 8.75. The largest absolute Gasteiger partial charge is 0.493 e. The minimum atomic E-state index is -0.801. The number of rotatable bonds is 10. The number of methoxy groups -OCH3 is 2. The minimum absolute atomic E-state index is 0. The Hall–Kier alpha value is -2.01. The van der Waals surface area contributed by atoms with Crippen LogP contribution in [0.5, 0.6) is 17.2 Å². The van der Waals surface area contributed by atoms with Gasteiger partial charge in [0.1, 0.15) is 12.2 Å². The molecule has 2 saturated heterocycles. The summed E-state index contributed by atoms with van der Waals surface area (Å²) in [6.07, 6.45) is -0.566. The van der Waals surface area contributed by atoms with Crippen LogP contribution in [0, 0.1) is 10.1 Å². The molecule has 2 aliphatic rings. The van der Waals surface area contributed by atoms with E-state index < -0.39 is 17.3 Å². The van der Waals surface area contributed by atoms with Crippen molar-refractivity contribution in [2.45, 2.75) is 30.8 Å². The summed E-state index contributed by atoms with van der Waals surface area (Å²) in [5.41, 5.74) is 0. The lowest BCUT2D eigenvalue weighted by molar-refractivity contribution is -0.769. The zero-order valence-corrected chi connectivity index (χ0v) is 16.5. The van der Waals surface area contributed by atoms with Crippen LogP contribution in [0.2, 0.25) is 0 Å². The fourth-order valence-electron chi connectivity index (χ4n) is 3.35. The van der Waals surface area contributed by atoms with Gasteiger partial charge in [0.15, 0.2) is 17.6 Å². The first kappa shape index (κ1) is 22.3. The van der Waals surface area contributed by atoms with E-state index in [-0.39, 0.29) is 31.2 Å². The van der Waals surface area contributed by atoms with Gasteiger partial charge >= 0.3 is 0 Å². The summed E-state index contributed by atoms with van der Waals surface area (Å²) in [7, 11) is 3.15. The highest BCUT2D eigenvalue weighted by Crippen LogP contribution is 2.36. The van der Waals surface area contributed by atoms with Crippen molar-refractivity contribution in [3.63, 3.8) is 0 Å². The average Bonchev–Trinajstić information content (AvgIpc) is 3.24. The molecule has 3 rings (SSSR count). The van der Waals surface area contributed by atoms with Crippen LogP contribution in [0.15, 0.2) is 18.2 Å². The van der Waals surface area contributed by atoms with Gasteiger partial charge in [-0.3, -0.25) is 0 Å². The van der Waals surface area contributed by atoms with E-state index in [9.17, 15) is 10.1 Å². The third kappa shape index (κ3) is 5.07. The lowest BCUT2D eigenvalue weighted by atomic mass is 10.1. The van der Waals surface area contributed by atoms with Crippen molar-refractivity contribution >= 4 is 12.4 Å². The number of nitrogens with zero attached hydrogens (tertiary/aromatic N) is 1. The van der Waals surface area contributed by atoms with Crippen molar-refractivity contribution in [1.82, 2.24) is 5.32 Å². The normalized spacial score (nSPS) is 25.5. The summed E-state index contributed by atoms with van der Waals surface area (Å²) in [4.78, 5) is 15.1. The van der Waals surface area contributed by atoms with Gasteiger partial charge in [0.05, 0.1) is 40.1 Å². The third-order valence-electron chi connectivity index (χ3n) is 4.58. The van der Waals surface area contributed by atoms with Gasteiger partial charge in [-0.25, -0.2) is 0 Å². The number of hydrogen-bond acceptors (Lipinski definition) is 9. The van der Waals surface area contributed by atoms with E-state index in [1.807, 2.05) is 12.1 Å². The maximum absolute atomic E-state index is 10.5. The smallest absolute Gasteiger partial charge is 0.294 e. The van der Waals surface area contributed by atoms with E-state index in [1.165, 1.54) is 0 Å². The number of ether oxygens (including phenoxy) is 5. The molecular weight excluding hydrogens is 396 g/mol. The highest BCUT2D eigenvalue weighted by atomic mass is 35.5. The van der Waals surface area contributed by atoms with Gasteiger partial charge < -0.3 is 33.8 Å². The van der Waals surface area contributed by atoms with Crippen LogP contribution in [0.4, 0.5) is 0 Å². The lowest BCUT2D eigenvalue weighted by Crippen LogP contribution is -2.42. The quantitative estimate of drug-likeness (QED) is 0.339. The van der Waals surface area contributed by atoms with Gasteiger partial charge in [-0.05, 0) is 25.1 Å². The number of benzene rings is 1. The molecule has 2 fully saturated rings. The molecule has 1 aromatic carbocycles. The maximum Gasteiger partial charge on any atom is 0.294 e. The molecule has 0 amide bonds. The van der Waals surface area contributed by atoms with Crippen LogP contribution < -0.4 is 19.5 Å². The van der Waals surface area contributed by atoms with E-state index in [2.05, 4.69) is 10.2 Å². The van der Waals surface area contributed by atoms with Crippen molar-refractivity contribution in [3.8, 4) is 17.2 Å². The molecule has 0 aliphatic carbocycles. The van der Waals surface area contributed by atoms with E-state index >= 15 is 0 Å². The fraction of sp³-hybridized carbons (Fsp3) is 0.647. The Morgan fingerprint density at radius 2 is 1.93 bits per heavy atom. The van der Waals surface area contributed by atoms with Crippen molar-refractivity contribution < 1.29 is 33.6 Å². The number of para-hydroxylation sites is 1. The summed E-state index contributed by atoms with van der Waals surface area (Å²) in [5.74, 6) is 1.81. The van der Waals surface area contributed by atoms with Crippen LogP contribution in [0.25, 0.3) is 0 Å². The van der Waals surface area contributed by atoms with Crippen LogP contribution in [0.3, 0.4) is 0 Å². The van der Waals surface area contributed by atoms with E-state index in [0.717, 1.165) is 6.42 Å². The van der Waals surface area contributed by atoms with E-state index in [4.69, 9.17) is 23.7 Å². The molecule has 2 heterocycles. The Kier molecular flexibility index (Phi) is 8.36. The predicted octanol–water partition coefficient (Wildman–Crippen LogP) is 1.23. The average molecular weight is 421 g/mol. The van der Waals surface area contributed by atoms with Gasteiger partial charge in [-0.2, -0.15) is 0 Å². The van der Waals surface area contributed by atoms with E-state index in [0.29, 0.717) is 37.0 Å². The summed E-state index contributed by atoms with van der Waals surface area (Å²) < 4.78 is 27.6. The number of hydrogen-bond donors (Lipinski definition) is 1. The number of nitrogens with one attached hydrogen (secondary N) is 1. The van der Waals surface area contributed by atoms with Gasteiger partial charge in [-0.1, -0.05) is 6.07 Å².